The van der Waals surface area contributed by atoms with E-state index in [9.17, 15) is 14.4 Å². The van der Waals surface area contributed by atoms with Gasteiger partial charge in [-0.05, 0) is 18.2 Å². The van der Waals surface area contributed by atoms with Crippen LogP contribution in [0.25, 0.3) is 0 Å². The molecule has 2 amide bonds. The number of benzene rings is 1. The molecule has 0 atom stereocenters. The predicted molar refractivity (Wildman–Crippen MR) is 90.2 cm³/mol. The highest BCUT2D eigenvalue weighted by Crippen LogP contribution is 2.23. The number of esters is 1. The number of rotatable bonds is 4. The average Bonchev–Trinajstić information content (AvgIpc) is 2.61. The van der Waals surface area contributed by atoms with Crippen molar-refractivity contribution in [2.45, 2.75) is 12.8 Å². The Labute approximate surface area is 150 Å². The lowest BCUT2D eigenvalue weighted by Gasteiger charge is -2.34. The van der Waals surface area contributed by atoms with Crippen LogP contribution in [0.2, 0.25) is 10.0 Å². The third-order valence-electron chi connectivity index (χ3n) is 3.86. The van der Waals surface area contributed by atoms with Crippen LogP contribution in [0, 0.1) is 0 Å². The van der Waals surface area contributed by atoms with Crippen molar-refractivity contribution in [3.05, 3.63) is 33.8 Å². The molecule has 1 aliphatic rings. The quantitative estimate of drug-likeness (QED) is 0.760. The number of halogens is 2. The first kappa shape index (κ1) is 18.5. The number of ether oxygens (including phenoxy) is 1. The molecule has 1 fully saturated rings. The largest absolute Gasteiger partial charge is 0.469 e. The van der Waals surface area contributed by atoms with Crippen molar-refractivity contribution >= 4 is 41.0 Å². The van der Waals surface area contributed by atoms with E-state index >= 15 is 0 Å². The Balaban J connectivity index is 1.87. The topological polar surface area (TPSA) is 66.9 Å². The van der Waals surface area contributed by atoms with Crippen LogP contribution in [0.3, 0.4) is 0 Å². The molecular weight excluding hydrogens is 355 g/mol. The van der Waals surface area contributed by atoms with E-state index in [2.05, 4.69) is 4.74 Å². The fourth-order valence-electron chi connectivity index (χ4n) is 2.44. The van der Waals surface area contributed by atoms with E-state index in [1.165, 1.54) is 7.11 Å². The third kappa shape index (κ3) is 4.61. The van der Waals surface area contributed by atoms with Crippen LogP contribution in [0.15, 0.2) is 18.2 Å². The Morgan fingerprint density at radius 3 is 2.21 bits per heavy atom. The molecule has 2 rings (SSSR count). The normalized spacial score (nSPS) is 14.5. The molecule has 0 saturated carbocycles. The van der Waals surface area contributed by atoms with Gasteiger partial charge in [-0.1, -0.05) is 23.2 Å². The molecule has 130 valence electrons. The third-order valence-corrected chi connectivity index (χ3v) is 4.60. The first-order valence-corrected chi connectivity index (χ1v) is 8.27. The van der Waals surface area contributed by atoms with Crippen LogP contribution in [-0.2, 0) is 14.3 Å². The molecule has 0 N–H and O–H groups in total. The summed E-state index contributed by atoms with van der Waals surface area (Å²) in [7, 11) is 1.29. The smallest absolute Gasteiger partial charge is 0.306 e. The fourth-order valence-corrected chi connectivity index (χ4v) is 2.74. The van der Waals surface area contributed by atoms with Gasteiger partial charge in [0, 0.05) is 38.2 Å². The van der Waals surface area contributed by atoms with Crippen molar-refractivity contribution in [3.63, 3.8) is 0 Å². The van der Waals surface area contributed by atoms with Crippen molar-refractivity contribution in [1.29, 1.82) is 0 Å². The summed E-state index contributed by atoms with van der Waals surface area (Å²) in [5.41, 5.74) is 0.467. The summed E-state index contributed by atoms with van der Waals surface area (Å²) in [4.78, 5) is 38.9. The molecular formula is C16H18Cl2N2O4. The summed E-state index contributed by atoms with van der Waals surface area (Å²) in [5, 5.41) is 0.730. The monoisotopic (exact) mass is 372 g/mol. The number of piperazine rings is 1. The minimum Gasteiger partial charge on any atom is -0.469 e. The maximum absolute atomic E-state index is 12.5. The van der Waals surface area contributed by atoms with E-state index in [1.54, 1.807) is 28.0 Å². The molecule has 1 aromatic carbocycles. The lowest BCUT2D eigenvalue weighted by atomic mass is 10.1. The zero-order chi connectivity index (χ0) is 17.7. The van der Waals surface area contributed by atoms with Gasteiger partial charge in [0.15, 0.2) is 0 Å². The number of methoxy groups -OCH3 is 1. The first-order chi connectivity index (χ1) is 11.4. The number of amides is 2. The Bertz CT molecular complexity index is 643. The minimum atomic E-state index is -0.406. The number of carbonyl (C=O) groups is 3. The van der Waals surface area contributed by atoms with Crippen LogP contribution in [0.1, 0.15) is 23.2 Å². The van der Waals surface area contributed by atoms with E-state index < -0.39 is 5.97 Å². The van der Waals surface area contributed by atoms with Crippen molar-refractivity contribution in [1.82, 2.24) is 9.80 Å². The van der Waals surface area contributed by atoms with Gasteiger partial charge in [0.2, 0.25) is 5.91 Å². The van der Waals surface area contributed by atoms with Gasteiger partial charge in [-0.25, -0.2) is 0 Å². The van der Waals surface area contributed by atoms with E-state index in [0.717, 1.165) is 0 Å². The molecule has 1 heterocycles. The van der Waals surface area contributed by atoms with Crippen LogP contribution in [0.4, 0.5) is 0 Å². The lowest BCUT2D eigenvalue weighted by Crippen LogP contribution is -2.50. The molecule has 0 bridgehead atoms. The van der Waals surface area contributed by atoms with Crippen LogP contribution >= 0.6 is 23.2 Å². The highest BCUT2D eigenvalue weighted by molar-refractivity contribution is 6.42. The lowest BCUT2D eigenvalue weighted by molar-refractivity contribution is -0.143. The molecule has 0 unspecified atom stereocenters. The Kier molecular flexibility index (Phi) is 6.45. The summed E-state index contributed by atoms with van der Waals surface area (Å²) in [5.74, 6) is -0.658. The molecule has 1 aromatic rings. The molecule has 6 nitrogen and oxygen atoms in total. The molecule has 24 heavy (non-hydrogen) atoms. The van der Waals surface area contributed by atoms with Gasteiger partial charge in [-0.15, -0.1) is 0 Å². The summed E-state index contributed by atoms with van der Waals surface area (Å²) in [6.07, 6.45) is 0.186. The molecule has 0 aliphatic carbocycles. The van der Waals surface area contributed by atoms with Crippen LogP contribution < -0.4 is 0 Å². The minimum absolute atomic E-state index is 0.0672. The Morgan fingerprint density at radius 1 is 1.00 bits per heavy atom. The van der Waals surface area contributed by atoms with Crippen LogP contribution in [-0.4, -0.2) is 60.9 Å². The fraction of sp³-hybridized carbons (Fsp3) is 0.438. The summed E-state index contributed by atoms with van der Waals surface area (Å²) in [6, 6.07) is 4.76. The zero-order valence-electron chi connectivity index (χ0n) is 13.3. The number of nitrogens with zero attached hydrogens (tertiary/aromatic N) is 2. The summed E-state index contributed by atoms with van der Waals surface area (Å²) in [6.45, 7) is 1.74. The van der Waals surface area contributed by atoms with Crippen molar-refractivity contribution in [3.8, 4) is 0 Å². The second kappa shape index (κ2) is 8.35. The summed E-state index contributed by atoms with van der Waals surface area (Å²) >= 11 is 11.8. The maximum Gasteiger partial charge on any atom is 0.306 e. The van der Waals surface area contributed by atoms with Crippen LogP contribution in [0.5, 0.6) is 0 Å². The van der Waals surface area contributed by atoms with Gasteiger partial charge in [-0.3, -0.25) is 14.4 Å². The van der Waals surface area contributed by atoms with Gasteiger partial charge in [0.05, 0.1) is 23.6 Å². The first-order valence-electron chi connectivity index (χ1n) is 7.51. The Hall–Kier alpha value is -1.79. The molecule has 0 radical (unpaired) electrons. The number of hydrogen-bond acceptors (Lipinski definition) is 4. The highest BCUT2D eigenvalue weighted by Gasteiger charge is 2.25. The van der Waals surface area contributed by atoms with E-state index in [4.69, 9.17) is 23.2 Å². The van der Waals surface area contributed by atoms with Gasteiger partial charge >= 0.3 is 5.97 Å². The van der Waals surface area contributed by atoms with Crippen molar-refractivity contribution in [2.75, 3.05) is 33.3 Å². The van der Waals surface area contributed by atoms with Gasteiger partial charge in [-0.2, -0.15) is 0 Å². The molecule has 1 aliphatic heterocycles. The van der Waals surface area contributed by atoms with Crippen molar-refractivity contribution in [2.24, 2.45) is 0 Å². The second-order valence-corrected chi connectivity index (χ2v) is 6.19. The van der Waals surface area contributed by atoms with E-state index in [1.807, 2.05) is 0 Å². The molecule has 1 saturated heterocycles. The maximum atomic E-state index is 12.5. The SMILES string of the molecule is COC(=O)CCC(=O)N1CCN(C(=O)c2ccc(Cl)c(Cl)c2)CC1. The molecule has 0 spiro atoms. The van der Waals surface area contributed by atoms with Gasteiger partial charge < -0.3 is 14.5 Å². The van der Waals surface area contributed by atoms with Gasteiger partial charge in [0.1, 0.15) is 0 Å². The zero-order valence-corrected chi connectivity index (χ0v) is 14.8. The second-order valence-electron chi connectivity index (χ2n) is 5.38. The van der Waals surface area contributed by atoms with E-state index in [0.29, 0.717) is 41.8 Å². The van der Waals surface area contributed by atoms with Crippen molar-refractivity contribution < 1.29 is 19.1 Å². The standard InChI is InChI=1S/C16H18Cl2N2O4/c1-24-15(22)5-4-14(21)19-6-8-20(9-7-19)16(23)11-2-3-12(17)13(18)10-11/h2-3,10H,4-9H2,1H3. The average molecular weight is 373 g/mol. The van der Waals surface area contributed by atoms with E-state index in [-0.39, 0.29) is 24.7 Å². The molecule has 8 heteroatoms. The number of hydrogen-bond donors (Lipinski definition) is 0. The Morgan fingerprint density at radius 2 is 1.62 bits per heavy atom. The molecule has 0 aromatic heterocycles. The van der Waals surface area contributed by atoms with Gasteiger partial charge in [0.25, 0.3) is 5.91 Å². The predicted octanol–water partition coefficient (Wildman–Crippen LogP) is 2.23. The summed E-state index contributed by atoms with van der Waals surface area (Å²) < 4.78 is 4.52. The highest BCUT2D eigenvalue weighted by atomic mass is 35.5. The number of carbonyl (C=O) groups excluding carboxylic acids is 3.